The second-order valence-corrected chi connectivity index (χ2v) is 6.15. The monoisotopic (exact) mass is 352 g/mol. The van der Waals surface area contributed by atoms with Crippen LogP contribution in [-0.2, 0) is 16.0 Å². The maximum absolute atomic E-state index is 12.2. The molecule has 0 N–H and O–H groups in total. The van der Waals surface area contributed by atoms with Gasteiger partial charge in [-0.15, -0.1) is 0 Å². The Morgan fingerprint density at radius 1 is 1.04 bits per heavy atom. The molecule has 1 aliphatic heterocycles. The number of hydrogen-bond acceptors (Lipinski definition) is 5. The summed E-state index contributed by atoms with van der Waals surface area (Å²) in [7, 11) is 0. The molecule has 0 spiro atoms. The first-order valence-corrected chi connectivity index (χ1v) is 8.59. The fourth-order valence-electron chi connectivity index (χ4n) is 2.90. The lowest BCUT2D eigenvalue weighted by molar-refractivity contribution is -0.143. The molecule has 1 aromatic carbocycles. The minimum atomic E-state index is -0.418. The van der Waals surface area contributed by atoms with Crippen LogP contribution in [0.1, 0.15) is 44.9 Å². The second-order valence-electron chi connectivity index (χ2n) is 6.15. The number of ether oxygens (including phenoxy) is 1. The lowest BCUT2D eigenvalue weighted by atomic mass is 10.1. The average molecular weight is 352 g/mol. The number of amides is 2. The van der Waals surface area contributed by atoms with Gasteiger partial charge in [-0.1, -0.05) is 18.2 Å². The van der Waals surface area contributed by atoms with E-state index in [9.17, 15) is 14.4 Å². The van der Waals surface area contributed by atoms with Gasteiger partial charge in [-0.2, -0.15) is 0 Å². The Morgan fingerprint density at radius 3 is 2.38 bits per heavy atom. The van der Waals surface area contributed by atoms with Crippen molar-refractivity contribution >= 4 is 17.8 Å². The number of rotatable bonds is 7. The molecule has 2 aromatic rings. The summed E-state index contributed by atoms with van der Waals surface area (Å²) in [6.45, 7) is 2.25. The molecule has 1 aromatic heterocycles. The van der Waals surface area contributed by atoms with E-state index in [0.717, 1.165) is 22.7 Å². The van der Waals surface area contributed by atoms with Crippen LogP contribution in [0.25, 0.3) is 0 Å². The molecular weight excluding hydrogens is 332 g/mol. The summed E-state index contributed by atoms with van der Waals surface area (Å²) in [6, 6.07) is 12.5. The first kappa shape index (κ1) is 17.8. The van der Waals surface area contributed by atoms with Gasteiger partial charge in [0, 0.05) is 17.9 Å². The van der Waals surface area contributed by atoms with Crippen molar-refractivity contribution in [2.75, 3.05) is 13.2 Å². The Morgan fingerprint density at radius 2 is 1.73 bits per heavy atom. The van der Waals surface area contributed by atoms with Crippen molar-refractivity contribution in [2.45, 2.75) is 26.2 Å². The molecule has 3 rings (SSSR count). The molecular formula is C20H20N2O4. The van der Waals surface area contributed by atoms with Gasteiger partial charge in [0.2, 0.25) is 0 Å². The fraction of sp³-hybridized carbons (Fsp3) is 0.300. The summed E-state index contributed by atoms with van der Waals surface area (Å²) in [6.07, 6.45) is 1.40. The largest absolute Gasteiger partial charge is 0.466 e. The predicted molar refractivity (Wildman–Crippen MR) is 94.7 cm³/mol. The third-order valence-electron chi connectivity index (χ3n) is 4.20. The van der Waals surface area contributed by atoms with Crippen molar-refractivity contribution in [3.05, 3.63) is 65.0 Å². The van der Waals surface area contributed by atoms with Crippen LogP contribution in [0.5, 0.6) is 0 Å². The highest BCUT2D eigenvalue weighted by atomic mass is 16.5. The molecule has 1 aliphatic rings. The van der Waals surface area contributed by atoms with Crippen LogP contribution >= 0.6 is 0 Å². The van der Waals surface area contributed by atoms with E-state index in [-0.39, 0.29) is 31.4 Å². The molecule has 6 nitrogen and oxygen atoms in total. The van der Waals surface area contributed by atoms with Crippen LogP contribution in [0.2, 0.25) is 0 Å². The highest BCUT2D eigenvalue weighted by Crippen LogP contribution is 2.22. The highest BCUT2D eigenvalue weighted by molar-refractivity contribution is 6.21. The van der Waals surface area contributed by atoms with Crippen LogP contribution in [0, 0.1) is 6.92 Å². The standard InChI is InChI=1S/C20H20N2O4/c1-14-6-4-7-15(21-14)8-5-13-26-18(23)11-12-22-19(24)16-9-2-3-10-17(16)20(22)25/h2-4,6-7,9-10H,5,8,11-13H2,1H3. The molecule has 2 amide bonds. The molecule has 0 fully saturated rings. The number of aryl methyl sites for hydroxylation is 2. The van der Waals surface area contributed by atoms with Gasteiger partial charge in [-0.25, -0.2) is 0 Å². The number of imide groups is 1. The van der Waals surface area contributed by atoms with Gasteiger partial charge < -0.3 is 4.74 Å². The maximum Gasteiger partial charge on any atom is 0.307 e. The lowest BCUT2D eigenvalue weighted by Crippen LogP contribution is -2.32. The number of carbonyl (C=O) groups is 3. The van der Waals surface area contributed by atoms with Gasteiger partial charge in [0.25, 0.3) is 11.8 Å². The van der Waals surface area contributed by atoms with E-state index < -0.39 is 5.97 Å². The van der Waals surface area contributed by atoms with Crippen molar-refractivity contribution in [1.82, 2.24) is 9.88 Å². The van der Waals surface area contributed by atoms with E-state index in [1.165, 1.54) is 0 Å². The van der Waals surface area contributed by atoms with E-state index >= 15 is 0 Å². The normalized spacial score (nSPS) is 13.0. The number of carbonyl (C=O) groups excluding carboxylic acids is 3. The molecule has 0 atom stereocenters. The van der Waals surface area contributed by atoms with Crippen molar-refractivity contribution in [3.8, 4) is 0 Å². The summed E-state index contributed by atoms with van der Waals surface area (Å²) >= 11 is 0. The topological polar surface area (TPSA) is 76.6 Å². The van der Waals surface area contributed by atoms with E-state index in [1.54, 1.807) is 24.3 Å². The quantitative estimate of drug-likeness (QED) is 0.435. The molecule has 0 saturated heterocycles. The van der Waals surface area contributed by atoms with Gasteiger partial charge in [0.05, 0.1) is 24.2 Å². The van der Waals surface area contributed by atoms with E-state index in [4.69, 9.17) is 4.74 Å². The first-order valence-electron chi connectivity index (χ1n) is 8.59. The molecule has 134 valence electrons. The number of hydrogen-bond donors (Lipinski definition) is 0. The Bertz CT molecular complexity index is 812. The summed E-state index contributed by atoms with van der Waals surface area (Å²) in [5.74, 6) is -1.13. The summed E-state index contributed by atoms with van der Waals surface area (Å²) in [5, 5.41) is 0. The fourth-order valence-corrected chi connectivity index (χ4v) is 2.90. The van der Waals surface area contributed by atoms with E-state index in [0.29, 0.717) is 17.5 Å². The van der Waals surface area contributed by atoms with Gasteiger partial charge in [-0.05, 0) is 44.0 Å². The zero-order valence-corrected chi connectivity index (χ0v) is 14.6. The van der Waals surface area contributed by atoms with Crippen LogP contribution < -0.4 is 0 Å². The summed E-state index contributed by atoms with van der Waals surface area (Å²) < 4.78 is 5.19. The van der Waals surface area contributed by atoms with Gasteiger partial charge in [0.15, 0.2) is 0 Å². The van der Waals surface area contributed by atoms with Crippen molar-refractivity contribution in [2.24, 2.45) is 0 Å². The minimum absolute atomic E-state index is 0.00579. The van der Waals surface area contributed by atoms with Crippen LogP contribution in [0.15, 0.2) is 42.5 Å². The Kier molecular flexibility index (Phi) is 5.41. The van der Waals surface area contributed by atoms with Crippen molar-refractivity contribution in [3.63, 3.8) is 0 Å². The SMILES string of the molecule is Cc1cccc(CCCOC(=O)CCN2C(=O)c3ccccc3C2=O)n1. The van der Waals surface area contributed by atoms with E-state index in [2.05, 4.69) is 4.98 Å². The Labute approximate surface area is 151 Å². The van der Waals surface area contributed by atoms with E-state index in [1.807, 2.05) is 25.1 Å². The summed E-state index contributed by atoms with van der Waals surface area (Å²) in [4.78, 5) is 41.8. The third kappa shape index (κ3) is 3.96. The van der Waals surface area contributed by atoms with Crippen LogP contribution in [-0.4, -0.2) is 40.8 Å². The first-order chi connectivity index (χ1) is 12.6. The lowest BCUT2D eigenvalue weighted by Gasteiger charge is -2.13. The van der Waals surface area contributed by atoms with Gasteiger partial charge >= 0.3 is 5.97 Å². The number of esters is 1. The molecule has 0 radical (unpaired) electrons. The predicted octanol–water partition coefficient (Wildman–Crippen LogP) is 2.55. The number of fused-ring (bicyclic) bond motifs is 1. The molecule has 26 heavy (non-hydrogen) atoms. The van der Waals surface area contributed by atoms with Crippen molar-refractivity contribution < 1.29 is 19.1 Å². The number of pyridine rings is 1. The highest BCUT2D eigenvalue weighted by Gasteiger charge is 2.35. The minimum Gasteiger partial charge on any atom is -0.466 e. The number of aromatic nitrogens is 1. The van der Waals surface area contributed by atoms with Gasteiger partial charge in [-0.3, -0.25) is 24.3 Å². The van der Waals surface area contributed by atoms with Crippen LogP contribution in [0.3, 0.4) is 0 Å². The maximum atomic E-state index is 12.2. The number of benzene rings is 1. The molecule has 2 heterocycles. The Balaban J connectivity index is 1.41. The average Bonchev–Trinajstić information content (AvgIpc) is 2.88. The molecule has 0 aliphatic carbocycles. The zero-order chi connectivity index (χ0) is 18.5. The molecule has 0 saturated carbocycles. The van der Waals surface area contributed by atoms with Crippen LogP contribution in [0.4, 0.5) is 0 Å². The van der Waals surface area contributed by atoms with Gasteiger partial charge in [0.1, 0.15) is 0 Å². The smallest absolute Gasteiger partial charge is 0.307 e. The Hall–Kier alpha value is -3.02. The third-order valence-corrected chi connectivity index (χ3v) is 4.20. The molecule has 0 unspecified atom stereocenters. The number of nitrogens with zero attached hydrogens (tertiary/aromatic N) is 2. The molecule has 0 bridgehead atoms. The zero-order valence-electron chi connectivity index (χ0n) is 14.6. The molecule has 6 heteroatoms. The second kappa shape index (κ2) is 7.91. The van der Waals surface area contributed by atoms with Crippen molar-refractivity contribution in [1.29, 1.82) is 0 Å². The summed E-state index contributed by atoms with van der Waals surface area (Å²) in [5.41, 5.74) is 2.69.